The first kappa shape index (κ1) is 17.2. The molecule has 25 heavy (non-hydrogen) atoms. The first-order valence-electron chi connectivity index (χ1n) is 7.90. The van der Waals surface area contributed by atoms with E-state index in [1.54, 1.807) is 41.7 Å². The number of amides is 2. The Hall–Kier alpha value is -2.67. The molecule has 0 spiro atoms. The third kappa shape index (κ3) is 4.06. The lowest BCUT2D eigenvalue weighted by Gasteiger charge is -2.16. The van der Waals surface area contributed by atoms with Crippen LogP contribution in [0.25, 0.3) is 0 Å². The summed E-state index contributed by atoms with van der Waals surface area (Å²) >= 11 is 1.60. The van der Waals surface area contributed by atoms with Gasteiger partial charge in [0.1, 0.15) is 5.75 Å². The average molecular weight is 357 g/mol. The maximum atomic E-state index is 12.2. The summed E-state index contributed by atoms with van der Waals surface area (Å²) < 4.78 is 5.12. The molecular weight excluding hydrogens is 338 g/mol. The molecule has 1 aromatic heterocycles. The third-order valence-electron chi connectivity index (χ3n) is 4.01. The molecule has 2 aromatic rings. The summed E-state index contributed by atoms with van der Waals surface area (Å²) in [4.78, 5) is 28.2. The highest BCUT2D eigenvalue weighted by molar-refractivity contribution is 7.13. The number of hydrazone groups is 1. The minimum absolute atomic E-state index is 0.0665. The standard InChI is InChI=1S/C18H19N3O3S/c1-12-3-8-16(25-12)10-19-20-18(23)13-9-17(22)21(11-13)14-4-6-15(24-2)7-5-14/h3-8,10,13H,9,11H2,1-2H3,(H,20,23)/b19-10+/t13-/m0/s1. The Morgan fingerprint density at radius 1 is 1.32 bits per heavy atom. The van der Waals surface area contributed by atoms with Crippen LogP contribution in [0, 0.1) is 12.8 Å². The zero-order valence-corrected chi connectivity index (χ0v) is 14.9. The molecule has 0 unspecified atom stereocenters. The van der Waals surface area contributed by atoms with Crippen molar-refractivity contribution in [2.45, 2.75) is 13.3 Å². The number of hydrogen-bond donors (Lipinski definition) is 1. The molecule has 1 aromatic carbocycles. The minimum Gasteiger partial charge on any atom is -0.497 e. The number of ether oxygens (including phenoxy) is 1. The Bertz CT molecular complexity index is 798. The molecule has 0 radical (unpaired) electrons. The second-order valence-corrected chi connectivity index (χ2v) is 7.11. The van der Waals surface area contributed by atoms with Crippen molar-refractivity contribution >= 4 is 35.1 Å². The number of thiophene rings is 1. The van der Waals surface area contributed by atoms with E-state index in [1.165, 1.54) is 4.88 Å². The summed E-state index contributed by atoms with van der Waals surface area (Å²) in [5.41, 5.74) is 3.29. The molecule has 2 amide bonds. The van der Waals surface area contributed by atoms with Crippen molar-refractivity contribution in [2.75, 3.05) is 18.6 Å². The smallest absolute Gasteiger partial charge is 0.245 e. The second kappa shape index (κ2) is 7.48. The van der Waals surface area contributed by atoms with Gasteiger partial charge in [-0.2, -0.15) is 5.10 Å². The lowest BCUT2D eigenvalue weighted by Crippen LogP contribution is -2.30. The van der Waals surface area contributed by atoms with E-state index in [4.69, 9.17) is 4.74 Å². The van der Waals surface area contributed by atoms with Gasteiger partial charge in [0.15, 0.2) is 0 Å². The fraction of sp³-hybridized carbons (Fsp3) is 0.278. The molecule has 0 aliphatic carbocycles. The lowest BCUT2D eigenvalue weighted by molar-refractivity contribution is -0.126. The largest absolute Gasteiger partial charge is 0.497 e. The van der Waals surface area contributed by atoms with Crippen molar-refractivity contribution in [3.63, 3.8) is 0 Å². The SMILES string of the molecule is COc1ccc(N2C[C@@H](C(=O)N/N=C/c3ccc(C)s3)CC2=O)cc1. The van der Waals surface area contributed by atoms with Gasteiger partial charge in [-0.25, -0.2) is 5.43 Å². The molecule has 2 heterocycles. The fourth-order valence-corrected chi connectivity index (χ4v) is 3.42. The molecule has 1 saturated heterocycles. The second-order valence-electron chi connectivity index (χ2n) is 5.79. The van der Waals surface area contributed by atoms with E-state index >= 15 is 0 Å². The van der Waals surface area contributed by atoms with Crippen molar-refractivity contribution in [3.8, 4) is 5.75 Å². The number of nitrogens with zero attached hydrogens (tertiary/aromatic N) is 2. The summed E-state index contributed by atoms with van der Waals surface area (Å²) in [5.74, 6) is 0.0109. The number of benzene rings is 1. The van der Waals surface area contributed by atoms with Crippen LogP contribution in [-0.2, 0) is 9.59 Å². The molecule has 0 bridgehead atoms. The maximum Gasteiger partial charge on any atom is 0.245 e. The fourth-order valence-electron chi connectivity index (χ4n) is 2.67. The predicted molar refractivity (Wildman–Crippen MR) is 98.2 cm³/mol. The summed E-state index contributed by atoms with van der Waals surface area (Å²) in [5, 5.41) is 3.98. The Morgan fingerprint density at radius 2 is 2.08 bits per heavy atom. The number of methoxy groups -OCH3 is 1. The Kier molecular flexibility index (Phi) is 5.14. The average Bonchev–Trinajstić information content (AvgIpc) is 3.20. The summed E-state index contributed by atoms with van der Waals surface area (Å²) in [6.07, 6.45) is 1.80. The number of anilines is 1. The molecular formula is C18H19N3O3S. The summed E-state index contributed by atoms with van der Waals surface area (Å²) in [7, 11) is 1.59. The van der Waals surface area contributed by atoms with Gasteiger partial charge in [0, 0.05) is 28.4 Å². The number of hydrogen-bond acceptors (Lipinski definition) is 5. The van der Waals surface area contributed by atoms with Gasteiger partial charge in [-0.3, -0.25) is 9.59 Å². The van der Waals surface area contributed by atoms with E-state index in [1.807, 2.05) is 31.2 Å². The molecule has 130 valence electrons. The zero-order valence-electron chi connectivity index (χ0n) is 14.1. The van der Waals surface area contributed by atoms with Crippen molar-refractivity contribution in [2.24, 2.45) is 11.0 Å². The van der Waals surface area contributed by atoms with Crippen LogP contribution in [0.4, 0.5) is 5.69 Å². The summed E-state index contributed by atoms with van der Waals surface area (Å²) in [6, 6.07) is 11.2. The van der Waals surface area contributed by atoms with Crippen LogP contribution in [-0.4, -0.2) is 31.7 Å². The normalized spacial score (nSPS) is 17.3. The van der Waals surface area contributed by atoms with Crippen LogP contribution >= 0.6 is 11.3 Å². The lowest BCUT2D eigenvalue weighted by atomic mass is 10.1. The first-order chi connectivity index (χ1) is 12.1. The first-order valence-corrected chi connectivity index (χ1v) is 8.72. The van der Waals surface area contributed by atoms with Gasteiger partial charge in [-0.15, -0.1) is 11.3 Å². The molecule has 0 saturated carbocycles. The van der Waals surface area contributed by atoms with Gasteiger partial charge in [0.2, 0.25) is 11.8 Å². The van der Waals surface area contributed by atoms with E-state index in [0.29, 0.717) is 6.54 Å². The summed E-state index contributed by atoms with van der Waals surface area (Å²) in [6.45, 7) is 2.36. The minimum atomic E-state index is -0.406. The zero-order chi connectivity index (χ0) is 17.8. The Morgan fingerprint density at radius 3 is 2.72 bits per heavy atom. The molecule has 1 atom stereocenters. The molecule has 1 aliphatic rings. The number of carbonyl (C=O) groups excluding carboxylic acids is 2. The van der Waals surface area contributed by atoms with Crippen molar-refractivity contribution in [1.29, 1.82) is 0 Å². The van der Waals surface area contributed by atoms with E-state index in [0.717, 1.165) is 16.3 Å². The van der Waals surface area contributed by atoms with Crippen molar-refractivity contribution in [1.82, 2.24) is 5.43 Å². The van der Waals surface area contributed by atoms with Gasteiger partial charge in [0.05, 0.1) is 19.2 Å². The number of nitrogens with one attached hydrogen (secondary N) is 1. The highest BCUT2D eigenvalue weighted by atomic mass is 32.1. The van der Waals surface area contributed by atoms with Gasteiger partial charge < -0.3 is 9.64 Å². The van der Waals surface area contributed by atoms with Gasteiger partial charge in [-0.05, 0) is 43.3 Å². The molecule has 6 nitrogen and oxygen atoms in total. The third-order valence-corrected chi connectivity index (χ3v) is 4.94. The van der Waals surface area contributed by atoms with Crippen LogP contribution in [0.2, 0.25) is 0 Å². The molecule has 1 fully saturated rings. The van der Waals surface area contributed by atoms with Crippen LogP contribution in [0.15, 0.2) is 41.5 Å². The van der Waals surface area contributed by atoms with E-state index in [2.05, 4.69) is 10.5 Å². The van der Waals surface area contributed by atoms with Crippen LogP contribution in [0.5, 0.6) is 5.75 Å². The van der Waals surface area contributed by atoms with Crippen molar-refractivity contribution in [3.05, 3.63) is 46.2 Å². The molecule has 1 N–H and O–H groups in total. The molecule has 1 aliphatic heterocycles. The van der Waals surface area contributed by atoms with Crippen LogP contribution in [0.1, 0.15) is 16.2 Å². The molecule has 7 heteroatoms. The Labute approximate surface area is 150 Å². The molecule has 3 rings (SSSR count). The maximum absolute atomic E-state index is 12.2. The predicted octanol–water partition coefficient (Wildman–Crippen LogP) is 2.57. The highest BCUT2D eigenvalue weighted by Gasteiger charge is 2.35. The van der Waals surface area contributed by atoms with Crippen LogP contribution in [0.3, 0.4) is 0 Å². The van der Waals surface area contributed by atoms with Crippen LogP contribution < -0.4 is 15.1 Å². The quantitative estimate of drug-likeness (QED) is 0.660. The van der Waals surface area contributed by atoms with Gasteiger partial charge >= 0.3 is 0 Å². The number of aryl methyl sites for hydroxylation is 1. The van der Waals surface area contributed by atoms with E-state index in [9.17, 15) is 9.59 Å². The van der Waals surface area contributed by atoms with E-state index in [-0.39, 0.29) is 18.2 Å². The highest BCUT2D eigenvalue weighted by Crippen LogP contribution is 2.26. The number of rotatable bonds is 5. The van der Waals surface area contributed by atoms with Crippen molar-refractivity contribution < 1.29 is 14.3 Å². The van der Waals surface area contributed by atoms with Gasteiger partial charge in [0.25, 0.3) is 0 Å². The van der Waals surface area contributed by atoms with E-state index < -0.39 is 5.92 Å². The Balaban J connectivity index is 1.59. The topological polar surface area (TPSA) is 71.0 Å². The van der Waals surface area contributed by atoms with Gasteiger partial charge in [-0.1, -0.05) is 0 Å². The number of carbonyl (C=O) groups is 2. The monoisotopic (exact) mass is 357 g/mol.